The van der Waals surface area contributed by atoms with E-state index in [4.69, 9.17) is 4.74 Å². The fraction of sp³-hybridized carbons (Fsp3) is 0.533. The Morgan fingerprint density at radius 3 is 2.60 bits per heavy atom. The number of aliphatic hydroxyl groups is 1. The lowest BCUT2D eigenvalue weighted by Crippen LogP contribution is -2.64. The van der Waals surface area contributed by atoms with Crippen LogP contribution in [0.4, 0.5) is 5.69 Å². The van der Waals surface area contributed by atoms with Gasteiger partial charge in [0.05, 0.1) is 19.3 Å². The number of benzene rings is 1. The van der Waals surface area contributed by atoms with Crippen molar-refractivity contribution >= 4 is 11.6 Å². The van der Waals surface area contributed by atoms with E-state index in [0.29, 0.717) is 25.6 Å². The number of likely N-dealkylation sites (tertiary alicyclic amines) is 1. The highest BCUT2D eigenvalue weighted by Gasteiger charge is 2.51. The minimum Gasteiger partial charge on any atom is -0.497 e. The molecule has 1 saturated carbocycles. The molecule has 0 spiro atoms. The van der Waals surface area contributed by atoms with E-state index in [2.05, 4.69) is 5.32 Å². The third kappa shape index (κ3) is 2.78. The van der Waals surface area contributed by atoms with Crippen LogP contribution >= 0.6 is 0 Å². The number of hydrogen-bond donors (Lipinski definition) is 2. The number of β-amino-alcohol motifs (C(OH)–C–C–N with tert-alkyl or cyclic N) is 1. The Bertz CT molecular complexity index is 490. The smallest absolute Gasteiger partial charge is 0.238 e. The lowest BCUT2D eigenvalue weighted by molar-refractivity contribution is -0.132. The fourth-order valence-electron chi connectivity index (χ4n) is 2.80. The van der Waals surface area contributed by atoms with Gasteiger partial charge >= 0.3 is 0 Å². The lowest BCUT2D eigenvalue weighted by Gasteiger charge is -2.46. The standard InChI is InChI=1S/C15H20N2O3/c1-20-13-6-4-12(5-7-13)16-14(18)8-17-9-15(19,10-17)11-2-3-11/h4-7,11,19H,2-3,8-10H2,1H3,(H,16,18). The maximum Gasteiger partial charge on any atom is 0.238 e. The molecule has 20 heavy (non-hydrogen) atoms. The second-order valence-corrected chi connectivity index (χ2v) is 5.80. The SMILES string of the molecule is COc1ccc(NC(=O)CN2CC(O)(C3CC3)C2)cc1. The maximum absolute atomic E-state index is 11.9. The molecule has 0 unspecified atom stereocenters. The average molecular weight is 276 g/mol. The number of amides is 1. The molecular formula is C15H20N2O3. The van der Waals surface area contributed by atoms with Crippen molar-refractivity contribution in [2.45, 2.75) is 18.4 Å². The minimum atomic E-state index is -0.527. The number of ether oxygens (including phenoxy) is 1. The van der Waals surface area contributed by atoms with Crippen LogP contribution in [0.25, 0.3) is 0 Å². The average Bonchev–Trinajstić information content (AvgIpc) is 3.22. The molecule has 2 fully saturated rings. The molecule has 0 aromatic heterocycles. The van der Waals surface area contributed by atoms with Crippen LogP contribution in [0.15, 0.2) is 24.3 Å². The van der Waals surface area contributed by atoms with Crippen molar-refractivity contribution in [1.29, 1.82) is 0 Å². The van der Waals surface area contributed by atoms with Crippen LogP contribution in [0.5, 0.6) is 5.75 Å². The van der Waals surface area contributed by atoms with Crippen molar-refractivity contribution < 1.29 is 14.6 Å². The third-order valence-electron chi connectivity index (χ3n) is 4.07. The monoisotopic (exact) mass is 276 g/mol. The summed E-state index contributed by atoms with van der Waals surface area (Å²) in [4.78, 5) is 13.9. The van der Waals surface area contributed by atoms with Gasteiger partial charge in [-0.25, -0.2) is 0 Å². The van der Waals surface area contributed by atoms with Gasteiger partial charge in [-0.1, -0.05) is 0 Å². The first-order valence-corrected chi connectivity index (χ1v) is 6.98. The zero-order valence-corrected chi connectivity index (χ0v) is 11.6. The first kappa shape index (κ1) is 13.4. The molecule has 1 heterocycles. The third-order valence-corrected chi connectivity index (χ3v) is 4.07. The van der Waals surface area contributed by atoms with Gasteiger partial charge < -0.3 is 15.2 Å². The molecule has 1 amide bonds. The van der Waals surface area contributed by atoms with Gasteiger partial charge in [0.15, 0.2) is 0 Å². The molecule has 2 N–H and O–H groups in total. The molecule has 0 atom stereocenters. The highest BCUT2D eigenvalue weighted by Crippen LogP contribution is 2.44. The number of nitrogens with one attached hydrogen (secondary N) is 1. The van der Waals surface area contributed by atoms with E-state index in [1.807, 2.05) is 29.2 Å². The van der Waals surface area contributed by atoms with Gasteiger partial charge in [-0.15, -0.1) is 0 Å². The molecule has 3 rings (SSSR count). The van der Waals surface area contributed by atoms with Gasteiger partial charge in [0.25, 0.3) is 0 Å². The molecule has 1 aliphatic heterocycles. The summed E-state index contributed by atoms with van der Waals surface area (Å²) in [6.45, 7) is 1.57. The number of hydrogen-bond acceptors (Lipinski definition) is 4. The number of anilines is 1. The van der Waals surface area contributed by atoms with Crippen LogP contribution in [0.1, 0.15) is 12.8 Å². The number of rotatable bonds is 5. The summed E-state index contributed by atoms with van der Waals surface area (Å²) in [5, 5.41) is 13.0. The summed E-state index contributed by atoms with van der Waals surface area (Å²) >= 11 is 0. The Kier molecular flexibility index (Phi) is 3.40. The number of carbonyl (C=O) groups is 1. The number of methoxy groups -OCH3 is 1. The fourth-order valence-corrected chi connectivity index (χ4v) is 2.80. The van der Waals surface area contributed by atoms with E-state index in [1.54, 1.807) is 7.11 Å². The highest BCUT2D eigenvalue weighted by atomic mass is 16.5. The molecule has 5 nitrogen and oxygen atoms in total. The summed E-state index contributed by atoms with van der Waals surface area (Å²) in [5.41, 5.74) is 0.231. The zero-order valence-electron chi connectivity index (χ0n) is 11.6. The van der Waals surface area contributed by atoms with Gasteiger partial charge in [-0.05, 0) is 43.0 Å². The van der Waals surface area contributed by atoms with Crippen molar-refractivity contribution in [3.63, 3.8) is 0 Å². The largest absolute Gasteiger partial charge is 0.497 e. The van der Waals surface area contributed by atoms with Gasteiger partial charge in [0, 0.05) is 18.8 Å². The summed E-state index contributed by atoms with van der Waals surface area (Å²) in [6, 6.07) is 7.25. The van der Waals surface area contributed by atoms with Crippen LogP contribution < -0.4 is 10.1 Å². The highest BCUT2D eigenvalue weighted by molar-refractivity contribution is 5.92. The van der Waals surface area contributed by atoms with E-state index in [-0.39, 0.29) is 5.91 Å². The summed E-state index contributed by atoms with van der Waals surface area (Å²) in [5.74, 6) is 1.18. The Morgan fingerprint density at radius 1 is 1.40 bits per heavy atom. The van der Waals surface area contributed by atoms with Crippen LogP contribution in [0, 0.1) is 5.92 Å². The first-order valence-electron chi connectivity index (χ1n) is 6.98. The van der Waals surface area contributed by atoms with Crippen molar-refractivity contribution in [3.05, 3.63) is 24.3 Å². The molecule has 1 aliphatic carbocycles. The van der Waals surface area contributed by atoms with Crippen molar-refractivity contribution in [1.82, 2.24) is 4.90 Å². The van der Waals surface area contributed by atoms with E-state index in [0.717, 1.165) is 24.3 Å². The Balaban J connectivity index is 1.45. The molecule has 1 saturated heterocycles. The molecule has 2 aliphatic rings. The zero-order chi connectivity index (χ0) is 14.2. The van der Waals surface area contributed by atoms with Crippen LogP contribution in [-0.4, -0.2) is 48.3 Å². The molecule has 1 aromatic carbocycles. The summed E-state index contributed by atoms with van der Waals surface area (Å²) in [7, 11) is 1.61. The second-order valence-electron chi connectivity index (χ2n) is 5.80. The second kappa shape index (κ2) is 5.07. The molecule has 1 aromatic rings. The topological polar surface area (TPSA) is 61.8 Å². The minimum absolute atomic E-state index is 0.0481. The van der Waals surface area contributed by atoms with Crippen molar-refractivity contribution in [3.8, 4) is 5.75 Å². The Hall–Kier alpha value is -1.59. The van der Waals surface area contributed by atoms with Crippen molar-refractivity contribution in [2.75, 3.05) is 32.1 Å². The first-order chi connectivity index (χ1) is 9.59. The molecule has 0 radical (unpaired) electrons. The predicted octanol–water partition coefficient (Wildman–Crippen LogP) is 1.09. The molecular weight excluding hydrogens is 256 g/mol. The Morgan fingerprint density at radius 2 is 2.05 bits per heavy atom. The summed E-state index contributed by atoms with van der Waals surface area (Å²) in [6.07, 6.45) is 2.25. The Labute approximate surface area is 118 Å². The summed E-state index contributed by atoms with van der Waals surface area (Å²) < 4.78 is 5.07. The van der Waals surface area contributed by atoms with Gasteiger partial charge in [0.1, 0.15) is 5.75 Å². The molecule has 0 bridgehead atoms. The quantitative estimate of drug-likeness (QED) is 0.845. The molecule has 108 valence electrons. The van der Waals surface area contributed by atoms with Crippen LogP contribution in [-0.2, 0) is 4.79 Å². The van der Waals surface area contributed by atoms with E-state index < -0.39 is 5.60 Å². The van der Waals surface area contributed by atoms with Crippen molar-refractivity contribution in [2.24, 2.45) is 5.92 Å². The van der Waals surface area contributed by atoms with Crippen LogP contribution in [0.2, 0.25) is 0 Å². The molecule has 5 heteroatoms. The van der Waals surface area contributed by atoms with E-state index in [9.17, 15) is 9.90 Å². The van der Waals surface area contributed by atoms with E-state index in [1.165, 1.54) is 0 Å². The lowest BCUT2D eigenvalue weighted by atomic mass is 9.89. The van der Waals surface area contributed by atoms with Gasteiger partial charge in [-0.2, -0.15) is 0 Å². The predicted molar refractivity (Wildman–Crippen MR) is 75.7 cm³/mol. The van der Waals surface area contributed by atoms with E-state index >= 15 is 0 Å². The number of carbonyl (C=O) groups excluding carboxylic acids is 1. The van der Waals surface area contributed by atoms with Gasteiger partial charge in [-0.3, -0.25) is 9.69 Å². The number of nitrogens with zero attached hydrogens (tertiary/aromatic N) is 1. The normalized spacial score (nSPS) is 21.1. The van der Waals surface area contributed by atoms with Gasteiger partial charge in [0.2, 0.25) is 5.91 Å². The van der Waals surface area contributed by atoms with Crippen LogP contribution in [0.3, 0.4) is 0 Å². The maximum atomic E-state index is 11.9.